The number of fused-ring (bicyclic) bond motifs is 1. The summed E-state index contributed by atoms with van der Waals surface area (Å²) in [6.45, 7) is 8.56. The molecule has 0 bridgehead atoms. The van der Waals surface area contributed by atoms with Crippen molar-refractivity contribution in [2.75, 3.05) is 19.7 Å². The summed E-state index contributed by atoms with van der Waals surface area (Å²) in [4.78, 5) is 16.2. The van der Waals surface area contributed by atoms with Gasteiger partial charge in [-0.25, -0.2) is 9.48 Å². The standard InChI is InChI=1S/C28H36BrClN6O3/c1-28(2,3)39-27(37)34-9-6-7-17(15-34)16-35-31-14-22(33-35)18-11-19(18)25-21(30)12-23-20(26(25)29)13-32-36(23)24-8-4-5-10-38-24/h12-14,17-19,24H,4-11,15-16H2,1-3H3/t17-,18-,19+,24-/m1/s1. The fourth-order valence-electron chi connectivity index (χ4n) is 5.97. The fraction of sp³-hybridized carbons (Fsp3) is 0.643. The number of carbonyl (C=O) groups is 1. The molecular formula is C28H36BrClN6O3. The lowest BCUT2D eigenvalue weighted by Crippen LogP contribution is -2.43. The predicted molar refractivity (Wildman–Crippen MR) is 152 cm³/mol. The second kappa shape index (κ2) is 10.7. The molecule has 1 aliphatic carbocycles. The number of carbonyl (C=O) groups excluding carboxylic acids is 1. The van der Waals surface area contributed by atoms with Crippen LogP contribution in [0, 0.1) is 5.92 Å². The minimum atomic E-state index is -0.490. The Hall–Kier alpha value is -2.17. The number of hydrogen-bond donors (Lipinski definition) is 0. The minimum Gasteiger partial charge on any atom is -0.444 e. The van der Waals surface area contributed by atoms with E-state index in [1.54, 1.807) is 4.80 Å². The maximum absolute atomic E-state index is 12.5. The first-order valence-electron chi connectivity index (χ1n) is 14.0. The van der Waals surface area contributed by atoms with Crippen molar-refractivity contribution in [3.63, 3.8) is 0 Å². The smallest absolute Gasteiger partial charge is 0.410 e. The second-order valence-corrected chi connectivity index (χ2v) is 13.3. The Morgan fingerprint density at radius 1 is 1.18 bits per heavy atom. The van der Waals surface area contributed by atoms with Crippen LogP contribution >= 0.6 is 27.5 Å². The number of amides is 1. The Morgan fingerprint density at radius 3 is 2.79 bits per heavy atom. The van der Waals surface area contributed by atoms with Crippen molar-refractivity contribution < 1.29 is 14.3 Å². The van der Waals surface area contributed by atoms with E-state index < -0.39 is 5.60 Å². The number of ether oxygens (including phenoxy) is 2. The molecular weight excluding hydrogens is 584 g/mol. The van der Waals surface area contributed by atoms with Crippen LogP contribution in [0.15, 0.2) is 22.9 Å². The SMILES string of the molecule is CC(C)(C)OC(=O)N1CCC[C@@H](Cn2ncc([C@@H]3C[C@@H]3c3c(Cl)cc4c(cnn4[C@H]4CCCCO4)c3Br)n2)C1. The molecule has 3 fully saturated rings. The molecule has 6 rings (SSSR count). The Bertz CT molecular complexity index is 1360. The molecule has 39 heavy (non-hydrogen) atoms. The Balaban J connectivity index is 1.12. The van der Waals surface area contributed by atoms with Crippen LogP contribution < -0.4 is 0 Å². The second-order valence-electron chi connectivity index (χ2n) is 12.1. The van der Waals surface area contributed by atoms with Gasteiger partial charge in [0, 0.05) is 40.5 Å². The molecule has 210 valence electrons. The van der Waals surface area contributed by atoms with Gasteiger partial charge < -0.3 is 14.4 Å². The molecule has 9 nitrogen and oxygen atoms in total. The highest BCUT2D eigenvalue weighted by Crippen LogP contribution is 2.58. The third-order valence-electron chi connectivity index (χ3n) is 7.94. The number of aromatic nitrogens is 5. The van der Waals surface area contributed by atoms with Crippen LogP contribution in [-0.4, -0.2) is 61.1 Å². The van der Waals surface area contributed by atoms with Crippen molar-refractivity contribution >= 4 is 44.5 Å². The van der Waals surface area contributed by atoms with E-state index in [0.29, 0.717) is 19.0 Å². The van der Waals surface area contributed by atoms with Crippen LogP contribution in [0.4, 0.5) is 4.79 Å². The summed E-state index contributed by atoms with van der Waals surface area (Å²) >= 11 is 10.7. The van der Waals surface area contributed by atoms with E-state index in [0.717, 1.165) is 83.3 Å². The molecule has 3 aromatic rings. The molecule has 4 atom stereocenters. The van der Waals surface area contributed by atoms with Gasteiger partial charge in [-0.2, -0.15) is 20.1 Å². The predicted octanol–water partition coefficient (Wildman–Crippen LogP) is 6.66. The summed E-state index contributed by atoms with van der Waals surface area (Å²) < 4.78 is 14.5. The van der Waals surface area contributed by atoms with Crippen LogP contribution in [-0.2, 0) is 16.0 Å². The highest BCUT2D eigenvalue weighted by molar-refractivity contribution is 9.10. The van der Waals surface area contributed by atoms with Crippen LogP contribution in [0.25, 0.3) is 10.9 Å². The fourth-order valence-corrected chi connectivity index (χ4v) is 7.23. The third kappa shape index (κ3) is 5.70. The van der Waals surface area contributed by atoms with Crippen LogP contribution in [0.3, 0.4) is 0 Å². The number of rotatable bonds is 5. The molecule has 1 aromatic carbocycles. The van der Waals surface area contributed by atoms with Gasteiger partial charge in [0.2, 0.25) is 0 Å². The number of hydrogen-bond acceptors (Lipinski definition) is 6. The quantitative estimate of drug-likeness (QED) is 0.317. The molecule has 2 aromatic heterocycles. The summed E-state index contributed by atoms with van der Waals surface area (Å²) in [6.07, 6.45) is 9.73. The monoisotopic (exact) mass is 618 g/mol. The largest absolute Gasteiger partial charge is 0.444 e. The van der Waals surface area contributed by atoms with Gasteiger partial charge in [0.1, 0.15) is 5.60 Å². The first kappa shape index (κ1) is 27.0. The maximum atomic E-state index is 12.5. The van der Waals surface area contributed by atoms with Crippen molar-refractivity contribution in [3.05, 3.63) is 39.2 Å². The number of benzene rings is 1. The van der Waals surface area contributed by atoms with Crippen LogP contribution in [0.1, 0.15) is 88.6 Å². The number of halogens is 2. The minimum absolute atomic E-state index is 0.0332. The van der Waals surface area contributed by atoms with Crippen molar-refractivity contribution in [1.82, 2.24) is 29.7 Å². The molecule has 0 N–H and O–H groups in total. The van der Waals surface area contributed by atoms with Gasteiger partial charge in [-0.05, 0) is 98.7 Å². The van der Waals surface area contributed by atoms with Gasteiger partial charge in [-0.15, -0.1) is 0 Å². The van der Waals surface area contributed by atoms with E-state index in [4.69, 9.17) is 26.2 Å². The van der Waals surface area contributed by atoms with E-state index in [2.05, 4.69) is 26.1 Å². The Morgan fingerprint density at radius 2 is 2.03 bits per heavy atom. The number of piperidine rings is 1. The van der Waals surface area contributed by atoms with E-state index in [-0.39, 0.29) is 24.2 Å². The lowest BCUT2D eigenvalue weighted by Gasteiger charge is -2.33. The first-order chi connectivity index (χ1) is 18.7. The first-order valence-corrected chi connectivity index (χ1v) is 15.2. The van der Waals surface area contributed by atoms with Crippen LogP contribution in [0.5, 0.6) is 0 Å². The molecule has 3 aliphatic rings. The topological polar surface area (TPSA) is 87.3 Å². The third-order valence-corrected chi connectivity index (χ3v) is 9.11. The lowest BCUT2D eigenvalue weighted by atomic mass is 9.98. The molecule has 2 aliphatic heterocycles. The van der Waals surface area contributed by atoms with Crippen molar-refractivity contribution in [3.8, 4) is 0 Å². The van der Waals surface area contributed by atoms with Crippen molar-refractivity contribution in [2.45, 2.75) is 89.5 Å². The van der Waals surface area contributed by atoms with Gasteiger partial charge >= 0.3 is 6.09 Å². The molecule has 0 unspecified atom stereocenters. The summed E-state index contributed by atoms with van der Waals surface area (Å²) in [5, 5.41) is 15.9. The summed E-state index contributed by atoms with van der Waals surface area (Å²) in [5.74, 6) is 0.872. The van der Waals surface area contributed by atoms with Gasteiger partial charge in [-0.1, -0.05) is 11.6 Å². The normalized spacial score (nSPS) is 25.7. The molecule has 2 saturated heterocycles. The number of likely N-dealkylation sites (tertiary alicyclic amines) is 1. The van der Waals surface area contributed by atoms with Gasteiger partial charge in [0.15, 0.2) is 6.23 Å². The lowest BCUT2D eigenvalue weighted by molar-refractivity contribution is -0.0366. The van der Waals surface area contributed by atoms with Gasteiger partial charge in [0.05, 0.1) is 30.1 Å². The zero-order valence-corrected chi connectivity index (χ0v) is 25.1. The molecule has 1 amide bonds. The average molecular weight is 620 g/mol. The summed E-state index contributed by atoms with van der Waals surface area (Å²) in [5.41, 5.74) is 2.62. The summed E-state index contributed by atoms with van der Waals surface area (Å²) in [6, 6.07) is 2.04. The zero-order valence-electron chi connectivity index (χ0n) is 22.8. The average Bonchev–Trinajstić information content (AvgIpc) is 3.32. The van der Waals surface area contributed by atoms with E-state index in [9.17, 15) is 4.79 Å². The Kier molecular flexibility index (Phi) is 7.39. The highest BCUT2D eigenvalue weighted by atomic mass is 79.9. The van der Waals surface area contributed by atoms with Crippen molar-refractivity contribution in [2.24, 2.45) is 5.92 Å². The maximum Gasteiger partial charge on any atom is 0.410 e. The molecule has 1 saturated carbocycles. The summed E-state index contributed by atoms with van der Waals surface area (Å²) in [7, 11) is 0. The van der Waals surface area contributed by atoms with Gasteiger partial charge in [0.25, 0.3) is 0 Å². The van der Waals surface area contributed by atoms with E-state index >= 15 is 0 Å². The number of nitrogens with zero attached hydrogens (tertiary/aromatic N) is 6. The molecule has 4 heterocycles. The van der Waals surface area contributed by atoms with Gasteiger partial charge in [-0.3, -0.25) is 0 Å². The highest BCUT2D eigenvalue weighted by Gasteiger charge is 2.44. The molecule has 11 heteroatoms. The van der Waals surface area contributed by atoms with E-state index in [1.165, 1.54) is 0 Å². The molecule has 0 radical (unpaired) electrons. The van der Waals surface area contributed by atoms with Crippen molar-refractivity contribution in [1.29, 1.82) is 0 Å². The Labute approximate surface area is 242 Å². The molecule has 0 spiro atoms. The zero-order chi connectivity index (χ0) is 27.3. The van der Waals surface area contributed by atoms with Crippen LogP contribution in [0.2, 0.25) is 5.02 Å². The van der Waals surface area contributed by atoms with E-state index in [1.807, 2.05) is 48.8 Å².